The van der Waals surface area contributed by atoms with E-state index in [1.165, 1.54) is 18.2 Å². The van der Waals surface area contributed by atoms with Crippen molar-refractivity contribution in [2.75, 3.05) is 11.6 Å². The Kier molecular flexibility index (Phi) is 5.67. The molecule has 0 aliphatic heterocycles. The molecule has 3 aromatic carbocycles. The van der Waals surface area contributed by atoms with E-state index in [9.17, 15) is 18.5 Å². The molecule has 8 heteroatoms. The molecule has 0 fully saturated rings. The minimum atomic E-state index is -3.39. The summed E-state index contributed by atoms with van der Waals surface area (Å²) >= 11 is 5.90. The predicted octanol–water partition coefficient (Wildman–Crippen LogP) is 4.85. The molecule has 144 valence electrons. The molecular formula is C20H17ClN2O4S. The molecule has 0 saturated carbocycles. The third kappa shape index (κ3) is 4.49. The van der Waals surface area contributed by atoms with Gasteiger partial charge in [0.15, 0.2) is 9.84 Å². The fourth-order valence-electron chi connectivity index (χ4n) is 2.86. The molecule has 0 spiro atoms. The van der Waals surface area contributed by atoms with Gasteiger partial charge in [-0.2, -0.15) is 0 Å². The average molecular weight is 417 g/mol. The van der Waals surface area contributed by atoms with Crippen molar-refractivity contribution >= 4 is 32.8 Å². The summed E-state index contributed by atoms with van der Waals surface area (Å²) in [5.41, 5.74) is 1.62. The highest BCUT2D eigenvalue weighted by Gasteiger charge is 2.21. The molecule has 3 aromatic rings. The topological polar surface area (TPSA) is 89.3 Å². The van der Waals surface area contributed by atoms with E-state index < -0.39 is 20.8 Å². The monoisotopic (exact) mass is 416 g/mol. The highest BCUT2D eigenvalue weighted by molar-refractivity contribution is 7.90. The van der Waals surface area contributed by atoms with Gasteiger partial charge in [0.2, 0.25) is 0 Å². The van der Waals surface area contributed by atoms with Crippen molar-refractivity contribution in [3.05, 3.63) is 99.1 Å². The molecule has 1 atom stereocenters. The van der Waals surface area contributed by atoms with Gasteiger partial charge in [0, 0.05) is 17.3 Å². The van der Waals surface area contributed by atoms with Gasteiger partial charge in [-0.05, 0) is 35.4 Å². The van der Waals surface area contributed by atoms with Crippen LogP contribution >= 0.6 is 11.6 Å². The van der Waals surface area contributed by atoms with Gasteiger partial charge in [-0.25, -0.2) is 8.42 Å². The second kappa shape index (κ2) is 8.00. The second-order valence-corrected chi connectivity index (χ2v) is 8.70. The van der Waals surface area contributed by atoms with Crippen molar-refractivity contribution < 1.29 is 13.3 Å². The SMILES string of the molecule is CS(=O)(=O)c1cccc(C(Nc2ccc(Cl)cc2[N+](=O)[O-])c2ccccc2)c1. The van der Waals surface area contributed by atoms with Gasteiger partial charge in [-0.3, -0.25) is 10.1 Å². The van der Waals surface area contributed by atoms with Crippen LogP contribution in [0.5, 0.6) is 0 Å². The number of rotatable bonds is 6. The Morgan fingerprint density at radius 2 is 1.64 bits per heavy atom. The third-order valence-electron chi connectivity index (χ3n) is 4.21. The number of nitrogens with zero attached hydrogens (tertiary/aromatic N) is 1. The van der Waals surface area contributed by atoms with Gasteiger partial charge in [0.25, 0.3) is 5.69 Å². The number of nitrogens with one attached hydrogen (secondary N) is 1. The summed E-state index contributed by atoms with van der Waals surface area (Å²) < 4.78 is 23.9. The van der Waals surface area contributed by atoms with E-state index in [0.717, 1.165) is 11.8 Å². The Hall–Kier alpha value is -2.90. The first-order valence-corrected chi connectivity index (χ1v) is 10.6. The highest BCUT2D eigenvalue weighted by atomic mass is 35.5. The Labute approximate surface area is 167 Å². The molecule has 6 nitrogen and oxygen atoms in total. The van der Waals surface area contributed by atoms with Crippen LogP contribution in [-0.4, -0.2) is 19.6 Å². The number of anilines is 1. The van der Waals surface area contributed by atoms with Crippen LogP contribution in [0.1, 0.15) is 17.2 Å². The van der Waals surface area contributed by atoms with Crippen LogP contribution in [0.4, 0.5) is 11.4 Å². The first kappa shape index (κ1) is 19.9. The number of benzene rings is 3. The van der Waals surface area contributed by atoms with Gasteiger partial charge in [-0.1, -0.05) is 54.1 Å². The van der Waals surface area contributed by atoms with Crippen LogP contribution in [0.15, 0.2) is 77.7 Å². The van der Waals surface area contributed by atoms with E-state index in [1.807, 2.05) is 30.3 Å². The van der Waals surface area contributed by atoms with Crippen molar-refractivity contribution in [1.29, 1.82) is 0 Å². The van der Waals surface area contributed by atoms with Crippen LogP contribution in [-0.2, 0) is 9.84 Å². The molecular weight excluding hydrogens is 400 g/mol. The summed E-state index contributed by atoms with van der Waals surface area (Å²) in [6.07, 6.45) is 1.14. The van der Waals surface area contributed by atoms with Crippen LogP contribution in [0.3, 0.4) is 0 Å². The summed E-state index contributed by atoms with van der Waals surface area (Å²) in [7, 11) is -3.39. The van der Waals surface area contributed by atoms with Crippen LogP contribution in [0, 0.1) is 10.1 Å². The van der Waals surface area contributed by atoms with Crippen molar-refractivity contribution in [3.8, 4) is 0 Å². The van der Waals surface area contributed by atoms with Gasteiger partial charge < -0.3 is 5.32 Å². The van der Waals surface area contributed by atoms with E-state index >= 15 is 0 Å². The number of halogens is 1. The molecule has 0 aromatic heterocycles. The maximum Gasteiger partial charge on any atom is 0.293 e. The molecule has 1 N–H and O–H groups in total. The van der Waals surface area contributed by atoms with E-state index in [1.54, 1.807) is 24.3 Å². The van der Waals surface area contributed by atoms with Crippen molar-refractivity contribution in [1.82, 2.24) is 0 Å². The minimum Gasteiger partial charge on any atom is -0.369 e. The zero-order valence-electron chi connectivity index (χ0n) is 14.9. The molecule has 1 unspecified atom stereocenters. The summed E-state index contributed by atoms with van der Waals surface area (Å²) in [6.45, 7) is 0. The molecule has 0 heterocycles. The van der Waals surface area contributed by atoms with Crippen molar-refractivity contribution in [2.45, 2.75) is 10.9 Å². The summed E-state index contributed by atoms with van der Waals surface area (Å²) in [5, 5.41) is 14.9. The number of hydrogen-bond donors (Lipinski definition) is 1. The van der Waals surface area contributed by atoms with Gasteiger partial charge in [0.05, 0.1) is 15.9 Å². The Morgan fingerprint density at radius 1 is 0.964 bits per heavy atom. The third-order valence-corrected chi connectivity index (χ3v) is 5.55. The van der Waals surface area contributed by atoms with Crippen molar-refractivity contribution in [3.63, 3.8) is 0 Å². The fourth-order valence-corrected chi connectivity index (χ4v) is 3.71. The summed E-state index contributed by atoms with van der Waals surface area (Å²) in [4.78, 5) is 11.1. The fraction of sp³-hybridized carbons (Fsp3) is 0.100. The summed E-state index contributed by atoms with van der Waals surface area (Å²) in [6, 6.07) is 19.7. The van der Waals surface area contributed by atoms with Crippen LogP contribution in [0.25, 0.3) is 0 Å². The van der Waals surface area contributed by atoms with Crippen LogP contribution < -0.4 is 5.32 Å². The maximum atomic E-state index is 12.0. The molecule has 0 aliphatic carbocycles. The number of hydrogen-bond acceptors (Lipinski definition) is 5. The van der Waals surface area contributed by atoms with E-state index in [4.69, 9.17) is 11.6 Å². The number of nitro groups is 1. The maximum absolute atomic E-state index is 12.0. The lowest BCUT2D eigenvalue weighted by Crippen LogP contribution is -2.14. The predicted molar refractivity (Wildman–Crippen MR) is 110 cm³/mol. The second-order valence-electron chi connectivity index (χ2n) is 6.25. The highest BCUT2D eigenvalue weighted by Crippen LogP contribution is 2.34. The quantitative estimate of drug-likeness (QED) is 0.458. The smallest absolute Gasteiger partial charge is 0.293 e. The van der Waals surface area contributed by atoms with E-state index in [0.29, 0.717) is 5.56 Å². The first-order valence-electron chi connectivity index (χ1n) is 8.31. The Morgan fingerprint density at radius 3 is 2.29 bits per heavy atom. The van der Waals surface area contributed by atoms with Crippen LogP contribution in [0.2, 0.25) is 5.02 Å². The van der Waals surface area contributed by atoms with E-state index in [2.05, 4.69) is 5.32 Å². The Bertz CT molecular complexity index is 1120. The molecule has 0 saturated heterocycles. The summed E-state index contributed by atoms with van der Waals surface area (Å²) in [5.74, 6) is 0. The standard InChI is InChI=1S/C20H17ClN2O4S/c1-28(26,27)17-9-5-8-15(12-17)20(14-6-3-2-4-7-14)22-18-11-10-16(21)13-19(18)23(24)25/h2-13,20,22H,1H3. The lowest BCUT2D eigenvalue weighted by Gasteiger charge is -2.21. The molecule has 0 aliphatic rings. The molecule has 0 amide bonds. The van der Waals surface area contributed by atoms with Gasteiger partial charge in [0.1, 0.15) is 5.69 Å². The molecule has 3 rings (SSSR count). The first-order chi connectivity index (χ1) is 13.3. The zero-order valence-corrected chi connectivity index (χ0v) is 16.4. The average Bonchev–Trinajstić information content (AvgIpc) is 2.67. The lowest BCUT2D eigenvalue weighted by molar-refractivity contribution is -0.384. The number of nitro benzene ring substituents is 1. The Balaban J connectivity index is 2.12. The molecule has 0 bridgehead atoms. The zero-order chi connectivity index (χ0) is 20.3. The number of sulfone groups is 1. The molecule has 0 radical (unpaired) electrons. The van der Waals surface area contributed by atoms with Gasteiger partial charge in [-0.15, -0.1) is 0 Å². The molecule has 28 heavy (non-hydrogen) atoms. The van der Waals surface area contributed by atoms with Gasteiger partial charge >= 0.3 is 0 Å². The minimum absolute atomic E-state index is 0.160. The lowest BCUT2D eigenvalue weighted by atomic mass is 9.98. The normalized spacial score (nSPS) is 12.4. The van der Waals surface area contributed by atoms with Crippen molar-refractivity contribution in [2.24, 2.45) is 0 Å². The largest absolute Gasteiger partial charge is 0.369 e. The van der Waals surface area contributed by atoms with E-state index in [-0.39, 0.29) is 21.3 Å².